The van der Waals surface area contributed by atoms with Crippen LogP contribution in [0.3, 0.4) is 0 Å². The first-order valence-electron chi connectivity index (χ1n) is 15.1. The molecule has 42 heavy (non-hydrogen) atoms. The highest BCUT2D eigenvalue weighted by atomic mass is 35.5. The van der Waals surface area contributed by atoms with Gasteiger partial charge in [-0.15, -0.1) is 0 Å². The second-order valence-electron chi connectivity index (χ2n) is 11.1. The zero-order valence-electron chi connectivity index (χ0n) is 24.4. The number of nitrogens with one attached hydrogen (secondary N) is 2. The number of H-pyrrole nitrogens is 1. The van der Waals surface area contributed by atoms with Crippen molar-refractivity contribution in [2.24, 2.45) is 0 Å². The largest absolute Gasteiger partial charge is 0.497 e. The molecule has 0 saturated carbocycles. The number of fused-ring (bicyclic) bond motifs is 1. The number of halogens is 1. The Bertz CT molecular complexity index is 1350. The van der Waals surface area contributed by atoms with Gasteiger partial charge >= 0.3 is 5.97 Å². The number of hydrogen-bond acceptors (Lipinski definition) is 4. The van der Waals surface area contributed by atoms with Gasteiger partial charge in [0.05, 0.1) is 7.11 Å². The fourth-order valence-corrected chi connectivity index (χ4v) is 5.94. The van der Waals surface area contributed by atoms with Crippen LogP contribution in [0.25, 0.3) is 10.9 Å². The van der Waals surface area contributed by atoms with Crippen molar-refractivity contribution in [3.05, 3.63) is 64.3 Å². The average molecular weight is 596 g/mol. The Kier molecular flexibility index (Phi) is 11.7. The first-order valence-corrected chi connectivity index (χ1v) is 15.5. The Balaban J connectivity index is 1.77. The van der Waals surface area contributed by atoms with Gasteiger partial charge < -0.3 is 25.0 Å². The maximum Gasteiger partial charge on any atom is 0.352 e. The maximum atomic E-state index is 14.1. The number of carboxylic acid groups (broad SMARTS) is 1. The van der Waals surface area contributed by atoms with Crippen LogP contribution in [0, 0.1) is 0 Å². The average Bonchev–Trinajstić information content (AvgIpc) is 3.35. The molecule has 0 radical (unpaired) electrons. The van der Waals surface area contributed by atoms with E-state index >= 15 is 0 Å². The van der Waals surface area contributed by atoms with E-state index in [2.05, 4.69) is 10.3 Å². The molecular weight excluding hydrogens is 554 g/mol. The van der Waals surface area contributed by atoms with Crippen molar-refractivity contribution in [2.45, 2.75) is 89.6 Å². The number of benzene rings is 2. The zero-order valence-corrected chi connectivity index (χ0v) is 25.2. The smallest absolute Gasteiger partial charge is 0.352 e. The van der Waals surface area contributed by atoms with Crippen molar-refractivity contribution < 1.29 is 24.2 Å². The zero-order chi connectivity index (χ0) is 29.9. The standard InChI is InChI=1S/C33H42ClN3O5/c1-42-25-17-14-23(15-18-25)22-37-28(38)13-11-9-7-5-3-2-4-6-8-10-12-20-35-32(39)31(37)29-26-19-16-24(34)21-27(26)36-30(29)33(40)41/h14-19,21,31,36H,2-13,20,22H2,1H3,(H,35,39)(H,40,41). The molecule has 1 fully saturated rings. The molecular formula is C33H42ClN3O5. The molecule has 2 aromatic carbocycles. The number of aromatic carboxylic acids is 1. The lowest BCUT2D eigenvalue weighted by molar-refractivity contribution is -0.141. The van der Waals surface area contributed by atoms with Crippen LogP contribution in [0.4, 0.5) is 0 Å². The Hall–Kier alpha value is -3.52. The number of carbonyl (C=O) groups is 3. The molecule has 4 rings (SSSR count). The fourth-order valence-electron chi connectivity index (χ4n) is 5.77. The summed E-state index contributed by atoms with van der Waals surface area (Å²) in [7, 11) is 1.59. The highest BCUT2D eigenvalue weighted by molar-refractivity contribution is 6.31. The Labute approximate surface area is 252 Å². The number of hydrogen-bond donors (Lipinski definition) is 3. The first-order chi connectivity index (χ1) is 20.4. The molecule has 1 atom stereocenters. The maximum absolute atomic E-state index is 14.1. The summed E-state index contributed by atoms with van der Waals surface area (Å²) in [5, 5.41) is 14.2. The molecule has 2 heterocycles. The van der Waals surface area contributed by atoms with E-state index in [0.717, 1.165) is 44.1 Å². The van der Waals surface area contributed by atoms with Crippen molar-refractivity contribution in [3.63, 3.8) is 0 Å². The highest BCUT2D eigenvalue weighted by Gasteiger charge is 2.36. The molecule has 3 aromatic rings. The molecule has 9 heteroatoms. The molecule has 226 valence electrons. The number of aromatic nitrogens is 1. The quantitative estimate of drug-likeness (QED) is 0.284. The number of amides is 2. The molecule has 0 spiro atoms. The van der Waals surface area contributed by atoms with Crippen molar-refractivity contribution in [2.75, 3.05) is 13.7 Å². The van der Waals surface area contributed by atoms with Gasteiger partial charge in [-0.1, -0.05) is 87.6 Å². The van der Waals surface area contributed by atoms with Crippen LogP contribution in [0.2, 0.25) is 5.02 Å². The molecule has 3 N–H and O–H groups in total. The molecule has 1 aliphatic heterocycles. The van der Waals surface area contributed by atoms with Gasteiger partial charge in [-0.05, 0) is 42.7 Å². The summed E-state index contributed by atoms with van der Waals surface area (Å²) in [5.74, 6) is -1.11. The number of aromatic amines is 1. The number of ether oxygens (including phenoxy) is 1. The van der Waals surface area contributed by atoms with Gasteiger partial charge in [0.25, 0.3) is 0 Å². The van der Waals surface area contributed by atoms with Crippen LogP contribution in [0.15, 0.2) is 42.5 Å². The van der Waals surface area contributed by atoms with Gasteiger partial charge in [0.15, 0.2) is 0 Å². The first kappa shape index (κ1) is 31.4. The fraction of sp³-hybridized carbons (Fsp3) is 0.485. The minimum atomic E-state index is -1.21. The van der Waals surface area contributed by atoms with Crippen LogP contribution in [0.5, 0.6) is 5.75 Å². The minimum absolute atomic E-state index is 0.123. The lowest BCUT2D eigenvalue weighted by Gasteiger charge is -2.32. The van der Waals surface area contributed by atoms with Crippen LogP contribution in [-0.4, -0.2) is 46.4 Å². The number of nitrogens with zero attached hydrogens (tertiary/aromatic N) is 1. The van der Waals surface area contributed by atoms with Crippen molar-refractivity contribution >= 4 is 40.3 Å². The Morgan fingerprint density at radius 2 is 1.55 bits per heavy atom. The topological polar surface area (TPSA) is 112 Å². The van der Waals surface area contributed by atoms with Crippen LogP contribution < -0.4 is 10.1 Å². The SMILES string of the molecule is COc1ccc(CN2C(=O)CCCCCCCCCCCCCNC(=O)C2c2c(C(=O)O)[nH]c3cc(Cl)ccc23)cc1. The van der Waals surface area contributed by atoms with Gasteiger partial charge in [0.1, 0.15) is 17.5 Å². The summed E-state index contributed by atoms with van der Waals surface area (Å²) in [6.07, 6.45) is 12.0. The van der Waals surface area contributed by atoms with Crippen LogP contribution in [0.1, 0.15) is 105 Å². The van der Waals surface area contributed by atoms with Gasteiger partial charge in [0.2, 0.25) is 11.8 Å². The monoisotopic (exact) mass is 595 g/mol. The third-order valence-corrected chi connectivity index (χ3v) is 8.28. The summed E-state index contributed by atoms with van der Waals surface area (Å²) in [6, 6.07) is 11.2. The second-order valence-corrected chi connectivity index (χ2v) is 11.5. The van der Waals surface area contributed by atoms with Crippen LogP contribution >= 0.6 is 11.6 Å². The van der Waals surface area contributed by atoms with Gasteiger partial charge in [0, 0.05) is 41.0 Å². The van der Waals surface area contributed by atoms with Crippen molar-refractivity contribution in [3.8, 4) is 5.75 Å². The summed E-state index contributed by atoms with van der Waals surface area (Å²) in [6.45, 7) is 0.594. The molecule has 2 amide bonds. The summed E-state index contributed by atoms with van der Waals surface area (Å²) in [5.41, 5.74) is 1.45. The van der Waals surface area contributed by atoms with E-state index in [9.17, 15) is 19.5 Å². The van der Waals surface area contributed by atoms with Crippen LogP contribution in [-0.2, 0) is 16.1 Å². The minimum Gasteiger partial charge on any atom is -0.497 e. The lowest BCUT2D eigenvalue weighted by atomic mass is 9.98. The van der Waals surface area contributed by atoms with Gasteiger partial charge in [-0.25, -0.2) is 4.79 Å². The molecule has 1 unspecified atom stereocenters. The Morgan fingerprint density at radius 1 is 0.929 bits per heavy atom. The summed E-state index contributed by atoms with van der Waals surface area (Å²) < 4.78 is 5.30. The van der Waals surface area contributed by atoms with E-state index in [1.54, 1.807) is 30.2 Å². The van der Waals surface area contributed by atoms with E-state index in [4.69, 9.17) is 16.3 Å². The predicted octanol–water partition coefficient (Wildman–Crippen LogP) is 7.41. The predicted molar refractivity (Wildman–Crippen MR) is 165 cm³/mol. The molecule has 1 aliphatic rings. The number of carbonyl (C=O) groups excluding carboxylic acids is 2. The van der Waals surface area contributed by atoms with Gasteiger partial charge in [-0.3, -0.25) is 9.59 Å². The van der Waals surface area contributed by atoms with E-state index in [0.29, 0.717) is 34.6 Å². The van der Waals surface area contributed by atoms with E-state index in [-0.39, 0.29) is 30.1 Å². The molecule has 1 saturated heterocycles. The van der Waals surface area contributed by atoms with Crippen molar-refractivity contribution in [1.82, 2.24) is 15.2 Å². The number of methoxy groups -OCH3 is 1. The molecule has 1 aromatic heterocycles. The highest BCUT2D eigenvalue weighted by Crippen LogP contribution is 2.35. The third-order valence-electron chi connectivity index (χ3n) is 8.05. The summed E-state index contributed by atoms with van der Waals surface area (Å²) >= 11 is 6.23. The van der Waals surface area contributed by atoms with E-state index in [1.807, 2.05) is 24.3 Å². The number of rotatable bonds is 5. The second kappa shape index (κ2) is 15.6. The van der Waals surface area contributed by atoms with E-state index < -0.39 is 17.9 Å². The number of carboxylic acids is 1. The van der Waals surface area contributed by atoms with Gasteiger partial charge in [-0.2, -0.15) is 0 Å². The lowest BCUT2D eigenvalue weighted by Crippen LogP contribution is -2.44. The Morgan fingerprint density at radius 3 is 2.17 bits per heavy atom. The normalized spacial score (nSPS) is 18.7. The molecule has 8 nitrogen and oxygen atoms in total. The molecule has 0 aliphatic carbocycles. The summed E-state index contributed by atoms with van der Waals surface area (Å²) in [4.78, 5) is 45.1. The van der Waals surface area contributed by atoms with E-state index in [1.165, 1.54) is 25.7 Å². The van der Waals surface area contributed by atoms with Crippen molar-refractivity contribution in [1.29, 1.82) is 0 Å². The third kappa shape index (κ3) is 8.28. The molecule has 0 bridgehead atoms.